The van der Waals surface area contributed by atoms with Gasteiger partial charge in [0, 0.05) is 121 Å². The van der Waals surface area contributed by atoms with Crippen LogP contribution in [0.1, 0.15) is 179 Å². The average Bonchev–Trinajstić information content (AvgIpc) is 1.64. The average molecular weight is 1510 g/mol. The van der Waals surface area contributed by atoms with Gasteiger partial charge in [-0.05, 0) is 164 Å². The van der Waals surface area contributed by atoms with E-state index < -0.39 is 54.8 Å². The van der Waals surface area contributed by atoms with Crippen molar-refractivity contribution in [1.82, 2.24) is 5.06 Å². The largest absolute Gasteiger partial charge is 0.481 e. The van der Waals surface area contributed by atoms with E-state index >= 15 is 0 Å². The number of allylic oxidation sites excluding steroid dienone is 28. The van der Waals surface area contributed by atoms with E-state index in [2.05, 4.69) is 208 Å². The number of imide groups is 1. The van der Waals surface area contributed by atoms with Gasteiger partial charge in [-0.25, -0.2) is 4.79 Å². The number of amides is 2. The molecular weight excluding hydrogens is 1410 g/mol. The van der Waals surface area contributed by atoms with E-state index in [-0.39, 0.29) is 46.3 Å². The maximum atomic E-state index is 12.3. The quantitative estimate of drug-likeness (QED) is 0.0151. The number of hydrogen-bond acceptors (Lipinski definition) is 11. The van der Waals surface area contributed by atoms with E-state index in [4.69, 9.17) is 9.94 Å². The van der Waals surface area contributed by atoms with Crippen LogP contribution in [0.25, 0.3) is 0 Å². The van der Waals surface area contributed by atoms with Crippen molar-refractivity contribution < 1.29 is 64.2 Å². The number of aryl methyl sites for hydroxylation is 2. The number of hydrogen-bond donors (Lipinski definition) is 3. The highest BCUT2D eigenvalue weighted by atomic mass is 32.2. The minimum Gasteiger partial charge on any atom is -0.481 e. The van der Waals surface area contributed by atoms with Crippen LogP contribution in [0, 0.1) is 13.8 Å². The number of rotatable bonds is 29. The fourth-order valence-corrected chi connectivity index (χ4v) is 16.6. The van der Waals surface area contributed by atoms with E-state index in [1.54, 1.807) is 24.3 Å². The third kappa shape index (κ3) is 19.6. The lowest BCUT2D eigenvalue weighted by atomic mass is 9.81. The minimum atomic E-state index is -4.41. The highest BCUT2D eigenvalue weighted by molar-refractivity contribution is 7.86. The Morgan fingerprint density at radius 2 is 0.890 bits per heavy atom. The molecule has 0 radical (unpaired) electrons. The standard InChI is InChI=1S/C47H53N3O7S.C43H50N2O5S/c1-34-24-26-39-37(32-34)46(2,3)41(49(39)31-17-20-35-18-11-7-6-8-12-19-35)21-13-9-14-22-42-47(4,5)38-33-36(58(54,55)56)25-27-40(38)48(42)30-16-10-15-23-45(53)57-50-43(51)28-29-44(50)52;1-32-24-26-37-35(30-32)42(2,3)39(45(37)29-17-20-33-18-11-7-6-8-12-19-33)21-13-9-14-22-40-43(4,5)36-31-34(51(48,49)50)25-27-38(36)44(40)28-16-10-15-23-41(46)47/h6-9,11-14,18-19,21-22,24-27,32-33H,10,15-17,20,23,28-31H2,1-5H3;6-9,11-14,18-19,21-22,24-27,30-31H,10,15-17,20,23,28-29H2,1-5H3,(H-,46,47,48,49,50)/p+2/b7-6-,8-6?,11-7?,12-8-,18-11?,19-12?,35-18?,35-19?;7-6-,8-6?,11-7?,12-8-,18-11?,19-12?,33-18?,33-19?. The molecule has 0 aromatic heterocycles. The molecule has 5 aliphatic heterocycles. The molecule has 19 heteroatoms. The van der Waals surface area contributed by atoms with Gasteiger partial charge in [0.25, 0.3) is 32.1 Å². The number of nitrogens with zero attached hydrogens (tertiary/aromatic N) is 5. The van der Waals surface area contributed by atoms with Crippen LogP contribution in [0.2, 0.25) is 0 Å². The van der Waals surface area contributed by atoms with E-state index in [0.717, 1.165) is 85.5 Å². The number of hydroxylamine groups is 2. The molecule has 0 atom stereocenters. The van der Waals surface area contributed by atoms with Gasteiger partial charge in [-0.1, -0.05) is 185 Å². The molecular formula is C90H105N5O12S2+2. The van der Waals surface area contributed by atoms with Crippen molar-refractivity contribution >= 4 is 78.2 Å². The van der Waals surface area contributed by atoms with Crippen molar-refractivity contribution in [3.63, 3.8) is 0 Å². The van der Waals surface area contributed by atoms with Gasteiger partial charge in [0.15, 0.2) is 11.4 Å². The minimum absolute atomic E-state index is 0.0474. The summed E-state index contributed by atoms with van der Waals surface area (Å²) in [4.78, 5) is 56.7. The Bertz CT molecular complexity index is 4960. The van der Waals surface area contributed by atoms with Crippen LogP contribution in [-0.4, -0.2) is 107 Å². The van der Waals surface area contributed by atoms with Crippen molar-refractivity contribution in [3.05, 3.63) is 275 Å². The molecule has 3 N–H and O–H groups in total. The highest BCUT2D eigenvalue weighted by Gasteiger charge is 2.47. The van der Waals surface area contributed by atoms with Crippen molar-refractivity contribution in [1.29, 1.82) is 0 Å². The Morgan fingerprint density at radius 1 is 0.477 bits per heavy atom. The first-order chi connectivity index (χ1) is 51.8. The molecule has 2 aliphatic carbocycles. The lowest BCUT2D eigenvalue weighted by Crippen LogP contribution is -2.31. The van der Waals surface area contributed by atoms with Crippen LogP contribution < -0.4 is 9.80 Å². The van der Waals surface area contributed by atoms with Gasteiger partial charge < -0.3 is 19.7 Å². The van der Waals surface area contributed by atoms with E-state index in [1.807, 2.05) is 62.5 Å². The molecule has 572 valence electrons. The van der Waals surface area contributed by atoms with Crippen LogP contribution in [-0.2, 0) is 65.9 Å². The van der Waals surface area contributed by atoms with E-state index in [1.165, 1.54) is 68.3 Å². The van der Waals surface area contributed by atoms with E-state index in [9.17, 15) is 45.1 Å². The third-order valence-corrected chi connectivity index (χ3v) is 23.1. The van der Waals surface area contributed by atoms with Gasteiger partial charge in [-0.15, -0.1) is 5.06 Å². The zero-order valence-electron chi connectivity index (χ0n) is 64.6. The van der Waals surface area contributed by atoms with Crippen LogP contribution in [0.5, 0.6) is 0 Å². The fraction of sp³-hybridized carbons (Fsp3) is 0.356. The Balaban J connectivity index is 0.000000234. The van der Waals surface area contributed by atoms with Crippen molar-refractivity contribution in [2.45, 2.75) is 191 Å². The summed E-state index contributed by atoms with van der Waals surface area (Å²) in [6.45, 7) is 24.7. The van der Waals surface area contributed by atoms with Crippen LogP contribution in [0.15, 0.2) is 251 Å². The summed E-state index contributed by atoms with van der Waals surface area (Å²) in [7, 11) is -8.77. The molecule has 0 spiro atoms. The number of aliphatic carboxylic acids is 1. The summed E-state index contributed by atoms with van der Waals surface area (Å²) >= 11 is 0. The fourth-order valence-electron chi connectivity index (χ4n) is 15.6. The second-order valence-corrected chi connectivity index (χ2v) is 33.7. The molecule has 0 unspecified atom stereocenters. The zero-order valence-corrected chi connectivity index (χ0v) is 66.2. The first kappa shape index (κ1) is 81.6. The lowest BCUT2D eigenvalue weighted by Gasteiger charge is -2.27. The molecule has 4 aromatic rings. The molecule has 4 aromatic carbocycles. The maximum absolute atomic E-state index is 12.3. The smallest absolute Gasteiger partial charge is 0.333 e. The normalized spacial score (nSPS) is 20.0. The number of carbonyl (C=O) groups excluding carboxylic acids is 3. The Kier molecular flexibility index (Phi) is 26.3. The Hall–Kier alpha value is -9.92. The molecule has 17 nitrogen and oxygen atoms in total. The molecule has 0 bridgehead atoms. The van der Waals surface area contributed by atoms with Gasteiger partial charge in [0.1, 0.15) is 13.1 Å². The second-order valence-electron chi connectivity index (χ2n) is 30.8. The number of unbranched alkanes of at least 4 members (excludes halogenated alkanes) is 4. The van der Waals surface area contributed by atoms with Gasteiger partial charge in [-0.3, -0.25) is 23.5 Å². The summed E-state index contributed by atoms with van der Waals surface area (Å²) in [6, 6.07) is 22.9. The van der Waals surface area contributed by atoms with Crippen molar-refractivity contribution in [2.75, 3.05) is 36.0 Å². The third-order valence-electron chi connectivity index (χ3n) is 21.4. The molecule has 0 saturated carbocycles. The van der Waals surface area contributed by atoms with Crippen LogP contribution in [0.3, 0.4) is 0 Å². The molecule has 7 aliphatic rings. The van der Waals surface area contributed by atoms with Gasteiger partial charge in [0.05, 0.1) is 20.6 Å². The SMILES string of the molecule is Cc1ccc2c(c1)C(C)(C)C(=CC=CC=CC1=[N+](CCCCCC(=O)O)c3ccc(S(=O)(=O)O)cc3C1(C)C)N2CCCC1=C/C=C\C=C/C=C1.Cc1ccc2c(c1)C(C)(C)C(=CC=CC=CC1=[N+](CCCCCC(=O)ON3C(=O)CCC3=O)c3ccc(S(=O)(=O)O)cc3C1(C)C)N2CCCC1=C/C=C\C=C/C=C1. The number of fused-ring (bicyclic) bond motifs is 4. The molecule has 5 heterocycles. The summed E-state index contributed by atoms with van der Waals surface area (Å²) in [5.74, 6) is -2.42. The molecule has 11 rings (SSSR count). The number of carboxylic acid groups (broad SMARTS) is 1. The first-order valence-electron chi connectivity index (χ1n) is 37.9. The number of anilines is 2. The molecule has 1 saturated heterocycles. The van der Waals surface area contributed by atoms with E-state index in [0.29, 0.717) is 43.8 Å². The molecule has 1 fully saturated rings. The number of carboxylic acids is 1. The zero-order chi connectivity index (χ0) is 78.5. The van der Waals surface area contributed by atoms with Crippen molar-refractivity contribution in [3.8, 4) is 0 Å². The number of carbonyl (C=O) groups is 4. The van der Waals surface area contributed by atoms with Gasteiger partial charge in [-0.2, -0.15) is 26.0 Å². The predicted molar refractivity (Wildman–Crippen MR) is 435 cm³/mol. The predicted octanol–water partition coefficient (Wildman–Crippen LogP) is 18.4. The Morgan fingerprint density at radius 3 is 1.31 bits per heavy atom. The Labute approximate surface area is 644 Å². The van der Waals surface area contributed by atoms with Gasteiger partial charge >= 0.3 is 11.9 Å². The van der Waals surface area contributed by atoms with Crippen LogP contribution in [0.4, 0.5) is 22.7 Å². The van der Waals surface area contributed by atoms with Crippen molar-refractivity contribution in [2.24, 2.45) is 0 Å². The topological polar surface area (TPSA) is 222 Å². The molecule has 2 amide bonds. The number of benzene rings is 4. The van der Waals surface area contributed by atoms with Crippen LogP contribution >= 0.6 is 0 Å². The first-order valence-corrected chi connectivity index (χ1v) is 40.8. The maximum Gasteiger partial charge on any atom is 0.333 e. The second kappa shape index (κ2) is 35.2. The lowest BCUT2D eigenvalue weighted by molar-refractivity contribution is -0.438. The monoisotopic (exact) mass is 1510 g/mol. The highest BCUT2D eigenvalue weighted by Crippen LogP contribution is 2.50. The summed E-state index contributed by atoms with van der Waals surface area (Å²) in [5.41, 5.74) is 16.5. The molecule has 109 heavy (non-hydrogen) atoms. The van der Waals surface area contributed by atoms with Gasteiger partial charge in [0.2, 0.25) is 11.4 Å². The summed E-state index contributed by atoms with van der Waals surface area (Å²) < 4.78 is 72.3. The summed E-state index contributed by atoms with van der Waals surface area (Å²) in [5, 5.41) is 9.63. The summed E-state index contributed by atoms with van der Waals surface area (Å²) in [6.07, 6.45) is 58.5.